The van der Waals surface area contributed by atoms with Crippen LogP contribution in [-0.2, 0) is 10.8 Å². The third-order valence-corrected chi connectivity index (χ3v) is 4.12. The Morgan fingerprint density at radius 3 is 2.61 bits per heavy atom. The maximum Gasteiger partial charge on any atom is 0.289 e. The molecule has 18 heavy (non-hydrogen) atoms. The molecule has 1 fully saturated rings. The van der Waals surface area contributed by atoms with Gasteiger partial charge in [0.2, 0.25) is 0 Å². The second kappa shape index (κ2) is 5.14. The molecule has 0 aromatic heterocycles. The van der Waals surface area contributed by atoms with Gasteiger partial charge in [0.1, 0.15) is 11.6 Å². The van der Waals surface area contributed by atoms with Crippen LogP contribution in [0, 0.1) is 21.4 Å². The lowest BCUT2D eigenvalue weighted by Gasteiger charge is -2.28. The van der Waals surface area contributed by atoms with Crippen LogP contribution in [0.1, 0.15) is 5.56 Å². The molecule has 1 aromatic carbocycles. The SMILES string of the molecule is N#Cc1ccc(N2CCS(=O)CC2)cc1[N+](=O)[O-]. The maximum atomic E-state index is 11.2. The Morgan fingerprint density at radius 2 is 2.06 bits per heavy atom. The molecule has 0 N–H and O–H groups in total. The molecule has 2 rings (SSSR count). The van der Waals surface area contributed by atoms with Gasteiger partial charge < -0.3 is 4.90 Å². The van der Waals surface area contributed by atoms with Gasteiger partial charge in [-0.05, 0) is 12.1 Å². The highest BCUT2D eigenvalue weighted by molar-refractivity contribution is 7.85. The molecule has 1 aromatic rings. The zero-order valence-corrected chi connectivity index (χ0v) is 10.4. The van der Waals surface area contributed by atoms with E-state index in [9.17, 15) is 14.3 Å². The number of anilines is 1. The Morgan fingerprint density at radius 1 is 1.39 bits per heavy atom. The second-order valence-corrected chi connectivity index (χ2v) is 5.60. The molecular weight excluding hydrogens is 254 g/mol. The van der Waals surface area contributed by atoms with Crippen molar-refractivity contribution in [1.29, 1.82) is 5.26 Å². The average Bonchev–Trinajstić information content (AvgIpc) is 2.39. The van der Waals surface area contributed by atoms with Crippen molar-refractivity contribution in [1.82, 2.24) is 0 Å². The van der Waals surface area contributed by atoms with Crippen LogP contribution < -0.4 is 4.90 Å². The molecule has 1 aliphatic rings. The number of hydrogen-bond acceptors (Lipinski definition) is 5. The fourth-order valence-electron chi connectivity index (χ4n) is 1.86. The molecule has 0 radical (unpaired) electrons. The van der Waals surface area contributed by atoms with Crippen LogP contribution in [0.4, 0.5) is 11.4 Å². The first-order chi connectivity index (χ1) is 8.61. The van der Waals surface area contributed by atoms with E-state index < -0.39 is 15.7 Å². The lowest BCUT2D eigenvalue weighted by molar-refractivity contribution is -0.385. The highest BCUT2D eigenvalue weighted by Crippen LogP contribution is 2.25. The van der Waals surface area contributed by atoms with Crippen LogP contribution in [0.25, 0.3) is 0 Å². The molecule has 1 heterocycles. The van der Waals surface area contributed by atoms with Gasteiger partial charge in [-0.25, -0.2) is 0 Å². The first-order valence-corrected chi connectivity index (χ1v) is 6.89. The Kier molecular flexibility index (Phi) is 3.58. The van der Waals surface area contributed by atoms with Crippen molar-refractivity contribution in [3.05, 3.63) is 33.9 Å². The minimum absolute atomic E-state index is 0.0596. The van der Waals surface area contributed by atoms with E-state index in [4.69, 9.17) is 5.26 Å². The van der Waals surface area contributed by atoms with Crippen LogP contribution in [-0.4, -0.2) is 33.7 Å². The summed E-state index contributed by atoms with van der Waals surface area (Å²) >= 11 is 0. The molecule has 7 heteroatoms. The normalized spacial score (nSPS) is 16.3. The van der Waals surface area contributed by atoms with Crippen LogP contribution >= 0.6 is 0 Å². The van der Waals surface area contributed by atoms with Gasteiger partial charge in [0.15, 0.2) is 0 Å². The van der Waals surface area contributed by atoms with E-state index in [1.165, 1.54) is 12.1 Å². The van der Waals surface area contributed by atoms with E-state index in [1.54, 1.807) is 12.1 Å². The molecule has 1 aliphatic heterocycles. The van der Waals surface area contributed by atoms with Crippen molar-refractivity contribution >= 4 is 22.2 Å². The minimum Gasteiger partial charge on any atom is -0.369 e. The van der Waals surface area contributed by atoms with Gasteiger partial charge in [-0.1, -0.05) is 0 Å². The predicted octanol–water partition coefficient (Wildman–Crippen LogP) is 1.04. The van der Waals surface area contributed by atoms with Crippen molar-refractivity contribution in [3.8, 4) is 6.07 Å². The highest BCUT2D eigenvalue weighted by Gasteiger charge is 2.20. The third kappa shape index (κ3) is 2.49. The second-order valence-electron chi connectivity index (χ2n) is 3.91. The van der Waals surface area contributed by atoms with Crippen molar-refractivity contribution in [2.45, 2.75) is 0 Å². The summed E-state index contributed by atoms with van der Waals surface area (Å²) in [5.41, 5.74) is 0.587. The van der Waals surface area contributed by atoms with Crippen molar-refractivity contribution < 1.29 is 9.13 Å². The van der Waals surface area contributed by atoms with Gasteiger partial charge in [0.25, 0.3) is 5.69 Å². The number of hydrogen-bond donors (Lipinski definition) is 0. The van der Waals surface area contributed by atoms with E-state index in [1.807, 2.05) is 4.90 Å². The largest absolute Gasteiger partial charge is 0.369 e. The summed E-state index contributed by atoms with van der Waals surface area (Å²) in [5, 5.41) is 19.7. The molecule has 6 nitrogen and oxygen atoms in total. The molecule has 0 saturated carbocycles. The van der Waals surface area contributed by atoms with E-state index in [0.717, 1.165) is 0 Å². The summed E-state index contributed by atoms with van der Waals surface area (Å²) in [5.74, 6) is 1.15. The van der Waals surface area contributed by atoms with E-state index in [-0.39, 0.29) is 11.3 Å². The number of benzene rings is 1. The quantitative estimate of drug-likeness (QED) is 0.589. The van der Waals surface area contributed by atoms with Crippen molar-refractivity contribution in [2.75, 3.05) is 29.5 Å². The standard InChI is InChI=1S/C11H11N3O3S/c12-8-9-1-2-10(7-11(9)14(15)16)13-3-5-18(17)6-4-13/h1-2,7H,3-6H2. The Bertz CT molecular complexity index is 543. The summed E-state index contributed by atoms with van der Waals surface area (Å²) in [4.78, 5) is 12.3. The van der Waals surface area contributed by atoms with Crippen molar-refractivity contribution in [2.24, 2.45) is 0 Å². The Hall–Kier alpha value is -1.94. The molecular formula is C11H11N3O3S. The molecule has 0 bridgehead atoms. The highest BCUT2D eigenvalue weighted by atomic mass is 32.2. The van der Waals surface area contributed by atoms with Gasteiger partial charge in [-0.3, -0.25) is 14.3 Å². The van der Waals surface area contributed by atoms with E-state index in [2.05, 4.69) is 0 Å². The monoisotopic (exact) mass is 265 g/mol. The average molecular weight is 265 g/mol. The van der Waals surface area contributed by atoms with Crippen LogP contribution in [0.3, 0.4) is 0 Å². The minimum atomic E-state index is -0.783. The first kappa shape index (κ1) is 12.5. The smallest absolute Gasteiger partial charge is 0.289 e. The number of rotatable bonds is 2. The molecule has 0 spiro atoms. The maximum absolute atomic E-state index is 11.2. The topological polar surface area (TPSA) is 87.2 Å². The lowest BCUT2D eigenvalue weighted by atomic mass is 10.1. The fourth-order valence-corrected chi connectivity index (χ4v) is 2.91. The molecule has 0 unspecified atom stereocenters. The van der Waals surface area contributed by atoms with Crippen LogP contribution in [0.2, 0.25) is 0 Å². The number of nitro benzene ring substituents is 1. The van der Waals surface area contributed by atoms with E-state index >= 15 is 0 Å². The summed E-state index contributed by atoms with van der Waals surface area (Å²) in [7, 11) is -0.783. The predicted molar refractivity (Wildman–Crippen MR) is 67.9 cm³/mol. The molecule has 0 aliphatic carbocycles. The molecule has 0 atom stereocenters. The summed E-state index contributed by atoms with van der Waals surface area (Å²) in [6.07, 6.45) is 0. The fraction of sp³-hybridized carbons (Fsp3) is 0.364. The molecule has 94 valence electrons. The Labute approximate surface area is 106 Å². The van der Waals surface area contributed by atoms with Gasteiger partial charge in [0, 0.05) is 47.1 Å². The number of nitriles is 1. The zero-order chi connectivity index (χ0) is 13.1. The number of nitro groups is 1. The van der Waals surface area contributed by atoms with E-state index in [0.29, 0.717) is 30.3 Å². The van der Waals surface area contributed by atoms with Gasteiger partial charge in [0.05, 0.1) is 4.92 Å². The Balaban J connectivity index is 2.30. The molecule has 0 amide bonds. The van der Waals surface area contributed by atoms with Gasteiger partial charge in [-0.2, -0.15) is 5.26 Å². The van der Waals surface area contributed by atoms with Gasteiger partial charge >= 0.3 is 0 Å². The van der Waals surface area contributed by atoms with Gasteiger partial charge in [-0.15, -0.1) is 0 Å². The zero-order valence-electron chi connectivity index (χ0n) is 9.54. The molecule has 1 saturated heterocycles. The lowest BCUT2D eigenvalue weighted by Crippen LogP contribution is -2.37. The van der Waals surface area contributed by atoms with Crippen LogP contribution in [0.5, 0.6) is 0 Å². The van der Waals surface area contributed by atoms with Crippen LogP contribution in [0.15, 0.2) is 18.2 Å². The summed E-state index contributed by atoms with van der Waals surface area (Å²) in [6, 6.07) is 6.37. The first-order valence-electron chi connectivity index (χ1n) is 5.40. The van der Waals surface area contributed by atoms with Crippen molar-refractivity contribution in [3.63, 3.8) is 0 Å². The third-order valence-electron chi connectivity index (χ3n) is 2.84. The number of nitrogens with zero attached hydrogens (tertiary/aromatic N) is 3. The summed E-state index contributed by atoms with van der Waals surface area (Å²) in [6.45, 7) is 1.24. The summed E-state index contributed by atoms with van der Waals surface area (Å²) < 4.78 is 11.2.